The van der Waals surface area contributed by atoms with E-state index in [1.807, 2.05) is 11.0 Å². The summed E-state index contributed by atoms with van der Waals surface area (Å²) in [6.07, 6.45) is 5.78. The Bertz CT molecular complexity index is 772. The van der Waals surface area contributed by atoms with Gasteiger partial charge in [0, 0.05) is 44.2 Å². The van der Waals surface area contributed by atoms with E-state index in [-0.39, 0.29) is 11.9 Å². The predicted molar refractivity (Wildman–Crippen MR) is 97.8 cm³/mol. The highest BCUT2D eigenvalue weighted by atomic mass is 16.3. The molecule has 138 valence electrons. The van der Waals surface area contributed by atoms with Crippen molar-refractivity contribution < 1.29 is 9.21 Å². The number of aromatic nitrogens is 2. The number of rotatable bonds is 3. The van der Waals surface area contributed by atoms with Crippen molar-refractivity contribution in [2.24, 2.45) is 5.73 Å². The third-order valence-electron chi connectivity index (χ3n) is 5.22. The van der Waals surface area contributed by atoms with E-state index in [1.165, 1.54) is 12.5 Å². The first-order chi connectivity index (χ1) is 12.6. The molecule has 26 heavy (non-hydrogen) atoms. The van der Waals surface area contributed by atoms with E-state index >= 15 is 0 Å². The second kappa shape index (κ2) is 6.95. The van der Waals surface area contributed by atoms with Gasteiger partial charge in [-0.25, -0.2) is 4.98 Å². The van der Waals surface area contributed by atoms with Crippen LogP contribution in [0.15, 0.2) is 29.1 Å². The molecule has 1 aliphatic heterocycles. The molecule has 1 aliphatic carbocycles. The number of furan rings is 1. The highest BCUT2D eigenvalue weighted by Crippen LogP contribution is 2.36. The van der Waals surface area contributed by atoms with Gasteiger partial charge in [0.2, 0.25) is 5.95 Å². The fraction of sp³-hybridized carbons (Fsp3) is 0.500. The van der Waals surface area contributed by atoms with Crippen LogP contribution in [0.1, 0.15) is 41.2 Å². The fourth-order valence-corrected chi connectivity index (χ4v) is 3.66. The van der Waals surface area contributed by atoms with Crippen molar-refractivity contribution in [1.82, 2.24) is 14.9 Å². The number of carbonyl (C=O) groups is 1. The second-order valence-corrected chi connectivity index (χ2v) is 7.08. The van der Waals surface area contributed by atoms with Gasteiger partial charge in [0.1, 0.15) is 12.1 Å². The first kappa shape index (κ1) is 16.8. The molecular weight excluding hydrogens is 332 g/mol. The van der Waals surface area contributed by atoms with E-state index in [0.29, 0.717) is 37.1 Å². The lowest BCUT2D eigenvalue weighted by molar-refractivity contribution is 0.0766. The van der Waals surface area contributed by atoms with Crippen LogP contribution < -0.4 is 16.4 Å². The zero-order chi connectivity index (χ0) is 18.1. The minimum absolute atomic E-state index is 0.00643. The van der Waals surface area contributed by atoms with Gasteiger partial charge in [0.05, 0.1) is 17.5 Å². The van der Waals surface area contributed by atoms with Gasteiger partial charge < -0.3 is 25.7 Å². The number of hydrogen-bond donors (Lipinski definition) is 2. The van der Waals surface area contributed by atoms with E-state index in [9.17, 15) is 4.79 Å². The zero-order valence-electron chi connectivity index (χ0n) is 14.7. The zero-order valence-corrected chi connectivity index (χ0v) is 14.7. The van der Waals surface area contributed by atoms with Gasteiger partial charge in [-0.1, -0.05) is 0 Å². The minimum atomic E-state index is 0.00643. The summed E-state index contributed by atoms with van der Waals surface area (Å²) in [5, 5.41) is 0. The lowest BCUT2D eigenvalue weighted by Crippen LogP contribution is -2.36. The highest BCUT2D eigenvalue weighted by Gasteiger charge is 2.30. The van der Waals surface area contributed by atoms with Gasteiger partial charge in [-0.3, -0.25) is 4.79 Å². The summed E-state index contributed by atoms with van der Waals surface area (Å²) in [5.74, 6) is 1.52. The molecule has 3 heterocycles. The normalized spacial score (nSPS) is 23.4. The summed E-state index contributed by atoms with van der Waals surface area (Å²) < 4.78 is 5.02. The topological polar surface area (TPSA) is 115 Å². The molecule has 0 aromatic carbocycles. The van der Waals surface area contributed by atoms with Gasteiger partial charge in [0.15, 0.2) is 0 Å². The van der Waals surface area contributed by atoms with Crippen molar-refractivity contribution in [1.29, 1.82) is 0 Å². The second-order valence-electron chi connectivity index (χ2n) is 7.08. The Morgan fingerprint density at radius 3 is 2.77 bits per heavy atom. The smallest absolute Gasteiger partial charge is 0.257 e. The quantitative estimate of drug-likeness (QED) is 0.849. The lowest BCUT2D eigenvalue weighted by Gasteiger charge is -2.32. The van der Waals surface area contributed by atoms with Gasteiger partial charge in [-0.15, -0.1) is 0 Å². The Balaban J connectivity index is 1.46. The van der Waals surface area contributed by atoms with E-state index in [2.05, 4.69) is 14.9 Å². The standard InChI is InChI=1S/C18H24N6O2/c19-14-8-13(9-14)15-10-16(22-18(20)21-15)23-3-1-4-24(6-5-23)17(25)12-2-7-26-11-12/h2,7,10-11,13-14H,1,3-6,8-9,19H2,(H2,20,21,22). The van der Waals surface area contributed by atoms with Crippen LogP contribution in [-0.4, -0.2) is 53.0 Å². The molecule has 1 saturated heterocycles. The molecule has 8 heteroatoms. The number of nitrogens with zero attached hydrogens (tertiary/aromatic N) is 4. The van der Waals surface area contributed by atoms with Crippen LogP contribution in [0.2, 0.25) is 0 Å². The van der Waals surface area contributed by atoms with Crippen molar-refractivity contribution >= 4 is 17.7 Å². The molecule has 2 aromatic heterocycles. The Morgan fingerprint density at radius 1 is 1.19 bits per heavy atom. The third-order valence-corrected chi connectivity index (χ3v) is 5.22. The summed E-state index contributed by atoms with van der Waals surface area (Å²) >= 11 is 0. The summed E-state index contributed by atoms with van der Waals surface area (Å²) in [6.45, 7) is 2.89. The molecule has 0 bridgehead atoms. The van der Waals surface area contributed by atoms with Crippen molar-refractivity contribution in [3.05, 3.63) is 35.9 Å². The minimum Gasteiger partial charge on any atom is -0.472 e. The summed E-state index contributed by atoms with van der Waals surface area (Å²) in [7, 11) is 0. The predicted octanol–water partition coefficient (Wildman–Crippen LogP) is 1.21. The van der Waals surface area contributed by atoms with Crippen molar-refractivity contribution in [2.75, 3.05) is 36.8 Å². The lowest BCUT2D eigenvalue weighted by atomic mass is 9.78. The largest absolute Gasteiger partial charge is 0.472 e. The Morgan fingerprint density at radius 2 is 2.04 bits per heavy atom. The molecule has 2 aromatic rings. The van der Waals surface area contributed by atoms with E-state index in [0.717, 1.165) is 37.3 Å². The monoisotopic (exact) mass is 356 g/mol. The van der Waals surface area contributed by atoms with Gasteiger partial charge in [-0.2, -0.15) is 4.98 Å². The maximum absolute atomic E-state index is 12.5. The van der Waals surface area contributed by atoms with Crippen LogP contribution in [0.25, 0.3) is 0 Å². The summed E-state index contributed by atoms with van der Waals surface area (Å²) in [4.78, 5) is 25.4. The number of nitrogens with two attached hydrogens (primary N) is 2. The van der Waals surface area contributed by atoms with Gasteiger partial charge in [-0.05, 0) is 25.3 Å². The van der Waals surface area contributed by atoms with Crippen molar-refractivity contribution in [3.8, 4) is 0 Å². The Kier molecular flexibility index (Phi) is 4.50. The molecule has 0 unspecified atom stereocenters. The molecule has 4 rings (SSSR count). The number of nitrogen functional groups attached to an aromatic ring is 1. The van der Waals surface area contributed by atoms with Crippen molar-refractivity contribution in [2.45, 2.75) is 31.2 Å². The Hall–Kier alpha value is -2.61. The third kappa shape index (κ3) is 3.37. The van der Waals surface area contributed by atoms with Crippen LogP contribution in [0, 0.1) is 0 Å². The maximum Gasteiger partial charge on any atom is 0.257 e. The van der Waals surface area contributed by atoms with Crippen LogP contribution in [0.5, 0.6) is 0 Å². The van der Waals surface area contributed by atoms with Crippen LogP contribution in [0.4, 0.5) is 11.8 Å². The molecule has 1 amide bonds. The molecular formula is C18H24N6O2. The fourth-order valence-electron chi connectivity index (χ4n) is 3.66. The Labute approximate surface area is 152 Å². The van der Waals surface area contributed by atoms with E-state index < -0.39 is 0 Å². The SMILES string of the molecule is Nc1nc(C2CC(N)C2)cc(N2CCCN(C(=O)c3ccoc3)CC2)n1. The molecule has 0 spiro atoms. The van der Waals surface area contributed by atoms with Crippen LogP contribution >= 0.6 is 0 Å². The summed E-state index contributed by atoms with van der Waals surface area (Å²) in [5.41, 5.74) is 13.4. The molecule has 2 fully saturated rings. The molecule has 2 aliphatic rings. The highest BCUT2D eigenvalue weighted by molar-refractivity contribution is 5.93. The molecule has 0 radical (unpaired) electrons. The molecule has 0 atom stereocenters. The van der Waals surface area contributed by atoms with E-state index in [1.54, 1.807) is 6.07 Å². The average molecular weight is 356 g/mol. The molecule has 4 N–H and O–H groups in total. The van der Waals surface area contributed by atoms with Crippen molar-refractivity contribution in [3.63, 3.8) is 0 Å². The van der Waals surface area contributed by atoms with E-state index in [4.69, 9.17) is 15.9 Å². The molecule has 8 nitrogen and oxygen atoms in total. The summed E-state index contributed by atoms with van der Waals surface area (Å²) in [6, 6.07) is 3.99. The number of hydrogen-bond acceptors (Lipinski definition) is 7. The molecule has 1 saturated carbocycles. The maximum atomic E-state index is 12.5. The van der Waals surface area contributed by atoms with Crippen LogP contribution in [0.3, 0.4) is 0 Å². The van der Waals surface area contributed by atoms with Gasteiger partial charge in [0.25, 0.3) is 5.91 Å². The first-order valence-electron chi connectivity index (χ1n) is 9.06. The number of anilines is 2. The average Bonchev–Trinajstić information content (AvgIpc) is 3.02. The van der Waals surface area contributed by atoms with Gasteiger partial charge >= 0.3 is 0 Å². The number of carbonyl (C=O) groups excluding carboxylic acids is 1. The van der Waals surface area contributed by atoms with Crippen LogP contribution in [-0.2, 0) is 0 Å². The number of amides is 1. The first-order valence-corrected chi connectivity index (χ1v) is 9.06.